The van der Waals surface area contributed by atoms with Crippen LogP contribution >= 0.6 is 0 Å². The molecule has 0 radical (unpaired) electrons. The zero-order valence-corrected chi connectivity index (χ0v) is 17.3. The predicted molar refractivity (Wildman–Crippen MR) is 110 cm³/mol. The molecule has 30 heavy (non-hydrogen) atoms. The van der Waals surface area contributed by atoms with Gasteiger partial charge in [-0.15, -0.1) is 0 Å². The molecule has 0 aliphatic carbocycles. The van der Waals surface area contributed by atoms with Crippen molar-refractivity contribution in [1.29, 1.82) is 0 Å². The minimum Gasteiger partial charge on any atom is -0.462 e. The second kappa shape index (κ2) is 9.55. The first kappa shape index (κ1) is 22.2. The number of aliphatic hydroxyl groups excluding tert-OH is 2. The molecule has 162 valence electrons. The summed E-state index contributed by atoms with van der Waals surface area (Å²) in [7, 11) is 1.58. The first-order valence-electron chi connectivity index (χ1n) is 10.1. The van der Waals surface area contributed by atoms with E-state index in [0.29, 0.717) is 24.2 Å². The van der Waals surface area contributed by atoms with Gasteiger partial charge in [0.15, 0.2) is 0 Å². The Labute approximate surface area is 175 Å². The van der Waals surface area contributed by atoms with Crippen molar-refractivity contribution in [3.8, 4) is 16.9 Å². The predicted octanol–water partition coefficient (Wildman–Crippen LogP) is 2.65. The molecule has 0 unspecified atom stereocenters. The summed E-state index contributed by atoms with van der Waals surface area (Å²) in [5, 5.41) is 23.2. The van der Waals surface area contributed by atoms with Crippen LogP contribution in [0.25, 0.3) is 11.1 Å². The lowest BCUT2D eigenvalue weighted by molar-refractivity contribution is -0.251. The standard InChI is InChI=1S/C23H28FNO5/c1-13-14(2)29-23(22(28)21(13)27)30-18-9-7-15(8-10-20(26)25-3)19(12-18)16-5-4-6-17(24)11-16/h4-7,9,11-14,21-23,27-28H,8,10H2,1-3H3,(H,25,26)/t13-,14-,21+,22+,23-/m0/s1. The van der Waals surface area contributed by atoms with Gasteiger partial charge in [-0.1, -0.05) is 25.1 Å². The topological polar surface area (TPSA) is 88.0 Å². The van der Waals surface area contributed by atoms with Crippen LogP contribution in [0.4, 0.5) is 4.39 Å². The summed E-state index contributed by atoms with van der Waals surface area (Å²) in [6.45, 7) is 3.62. The Balaban J connectivity index is 1.89. The highest BCUT2D eigenvalue weighted by molar-refractivity contribution is 5.77. The van der Waals surface area contributed by atoms with E-state index in [1.54, 1.807) is 38.2 Å². The zero-order chi connectivity index (χ0) is 21.8. The highest BCUT2D eigenvalue weighted by Gasteiger charge is 2.41. The number of carbonyl (C=O) groups excluding carboxylic acids is 1. The van der Waals surface area contributed by atoms with Gasteiger partial charge in [0.05, 0.1) is 12.2 Å². The summed E-state index contributed by atoms with van der Waals surface area (Å²) >= 11 is 0. The molecule has 3 N–H and O–H groups in total. The molecular formula is C23H28FNO5. The number of amides is 1. The molecule has 6 nitrogen and oxygen atoms in total. The molecule has 7 heteroatoms. The van der Waals surface area contributed by atoms with Crippen molar-refractivity contribution in [1.82, 2.24) is 5.32 Å². The monoisotopic (exact) mass is 417 g/mol. The van der Waals surface area contributed by atoms with Crippen molar-refractivity contribution >= 4 is 5.91 Å². The molecule has 0 aromatic heterocycles. The number of aliphatic hydroxyl groups is 2. The van der Waals surface area contributed by atoms with Gasteiger partial charge < -0.3 is 25.0 Å². The van der Waals surface area contributed by atoms with Gasteiger partial charge in [0.1, 0.15) is 17.7 Å². The third-order valence-corrected chi connectivity index (χ3v) is 5.63. The lowest BCUT2D eigenvalue weighted by Crippen LogP contribution is -2.54. The molecule has 0 spiro atoms. The third kappa shape index (κ3) is 4.98. The molecule has 1 fully saturated rings. The fourth-order valence-corrected chi connectivity index (χ4v) is 3.54. The molecule has 2 aromatic carbocycles. The number of benzene rings is 2. The Bertz CT molecular complexity index is 890. The number of hydrogen-bond donors (Lipinski definition) is 3. The van der Waals surface area contributed by atoms with Crippen LogP contribution in [0, 0.1) is 11.7 Å². The number of hydrogen-bond acceptors (Lipinski definition) is 5. The minimum atomic E-state index is -1.19. The Morgan fingerprint density at radius 3 is 2.63 bits per heavy atom. The fourth-order valence-electron chi connectivity index (χ4n) is 3.54. The first-order valence-corrected chi connectivity index (χ1v) is 10.1. The summed E-state index contributed by atoms with van der Waals surface area (Å²) in [4.78, 5) is 11.7. The molecule has 1 heterocycles. The largest absolute Gasteiger partial charge is 0.462 e. The van der Waals surface area contributed by atoms with E-state index in [1.807, 2.05) is 13.0 Å². The highest BCUT2D eigenvalue weighted by atomic mass is 19.1. The van der Waals surface area contributed by atoms with E-state index in [0.717, 1.165) is 11.1 Å². The van der Waals surface area contributed by atoms with Gasteiger partial charge in [0.25, 0.3) is 0 Å². The van der Waals surface area contributed by atoms with E-state index < -0.39 is 18.5 Å². The van der Waals surface area contributed by atoms with Gasteiger partial charge >= 0.3 is 0 Å². The normalized spacial score (nSPS) is 26.3. The number of aryl methyl sites for hydroxylation is 1. The third-order valence-electron chi connectivity index (χ3n) is 5.63. The Morgan fingerprint density at radius 1 is 1.17 bits per heavy atom. The molecular weight excluding hydrogens is 389 g/mol. The Hall–Kier alpha value is -2.48. The second-order valence-corrected chi connectivity index (χ2v) is 7.67. The quantitative estimate of drug-likeness (QED) is 0.673. The number of ether oxygens (including phenoxy) is 2. The maximum absolute atomic E-state index is 13.8. The zero-order valence-electron chi connectivity index (χ0n) is 17.3. The van der Waals surface area contributed by atoms with Crippen LogP contribution in [0.15, 0.2) is 42.5 Å². The Morgan fingerprint density at radius 2 is 1.93 bits per heavy atom. The van der Waals surface area contributed by atoms with Crippen LogP contribution in [-0.4, -0.2) is 47.8 Å². The van der Waals surface area contributed by atoms with E-state index >= 15 is 0 Å². The van der Waals surface area contributed by atoms with Crippen molar-refractivity contribution in [2.45, 2.75) is 51.3 Å². The lowest BCUT2D eigenvalue weighted by atomic mass is 9.91. The van der Waals surface area contributed by atoms with Crippen LogP contribution in [-0.2, 0) is 16.0 Å². The Kier molecular flexibility index (Phi) is 7.07. The molecule has 1 amide bonds. The summed E-state index contributed by atoms with van der Waals surface area (Å²) < 4.78 is 25.4. The first-order chi connectivity index (χ1) is 14.3. The average Bonchev–Trinajstić information content (AvgIpc) is 2.74. The SMILES string of the molecule is CNC(=O)CCc1ccc(O[C@@H]2O[C@@H](C)[C@H](C)[C@@H](O)[C@H]2O)cc1-c1cccc(F)c1. The van der Waals surface area contributed by atoms with Crippen LogP contribution in [0.2, 0.25) is 0 Å². The summed E-state index contributed by atoms with van der Waals surface area (Å²) in [5.41, 5.74) is 2.24. The molecule has 5 atom stereocenters. The number of rotatable bonds is 6. The van der Waals surface area contributed by atoms with Crippen LogP contribution < -0.4 is 10.1 Å². The number of nitrogens with one attached hydrogen (secondary N) is 1. The molecule has 0 saturated carbocycles. The van der Waals surface area contributed by atoms with Crippen LogP contribution in [0.3, 0.4) is 0 Å². The van der Waals surface area contributed by atoms with Gasteiger partial charge in [-0.3, -0.25) is 4.79 Å². The van der Waals surface area contributed by atoms with Crippen molar-refractivity contribution in [3.63, 3.8) is 0 Å². The summed E-state index contributed by atoms with van der Waals surface area (Å²) in [6.07, 6.45) is -2.70. The fraction of sp³-hybridized carbons (Fsp3) is 0.435. The molecule has 3 rings (SSSR count). The van der Waals surface area contributed by atoms with Crippen molar-refractivity contribution in [2.24, 2.45) is 5.92 Å². The van der Waals surface area contributed by atoms with E-state index in [9.17, 15) is 19.4 Å². The van der Waals surface area contributed by atoms with E-state index in [2.05, 4.69) is 5.32 Å². The minimum absolute atomic E-state index is 0.0867. The van der Waals surface area contributed by atoms with E-state index in [1.165, 1.54) is 12.1 Å². The van der Waals surface area contributed by atoms with Crippen LogP contribution in [0.5, 0.6) is 5.75 Å². The van der Waals surface area contributed by atoms with Gasteiger partial charge in [0.2, 0.25) is 12.2 Å². The molecule has 1 saturated heterocycles. The van der Waals surface area contributed by atoms with E-state index in [-0.39, 0.29) is 23.7 Å². The van der Waals surface area contributed by atoms with E-state index in [4.69, 9.17) is 9.47 Å². The van der Waals surface area contributed by atoms with Gasteiger partial charge in [0, 0.05) is 19.4 Å². The van der Waals surface area contributed by atoms with Gasteiger partial charge in [-0.05, 0) is 54.3 Å². The summed E-state index contributed by atoms with van der Waals surface area (Å²) in [5.74, 6) is -0.268. The lowest BCUT2D eigenvalue weighted by Gasteiger charge is -2.39. The molecule has 1 aliphatic rings. The number of carbonyl (C=O) groups is 1. The number of halogens is 1. The summed E-state index contributed by atoms with van der Waals surface area (Å²) in [6, 6.07) is 11.5. The van der Waals surface area contributed by atoms with Crippen LogP contribution in [0.1, 0.15) is 25.8 Å². The smallest absolute Gasteiger partial charge is 0.228 e. The molecule has 0 bridgehead atoms. The molecule has 2 aromatic rings. The van der Waals surface area contributed by atoms with Gasteiger partial charge in [-0.25, -0.2) is 4.39 Å². The highest BCUT2D eigenvalue weighted by Crippen LogP contribution is 2.32. The van der Waals surface area contributed by atoms with Gasteiger partial charge in [-0.2, -0.15) is 0 Å². The molecule has 1 aliphatic heterocycles. The van der Waals surface area contributed by atoms with Crippen molar-refractivity contribution in [3.05, 3.63) is 53.8 Å². The van der Waals surface area contributed by atoms with Crippen molar-refractivity contribution in [2.75, 3.05) is 7.05 Å². The maximum atomic E-state index is 13.8. The second-order valence-electron chi connectivity index (χ2n) is 7.67. The van der Waals surface area contributed by atoms with Crippen molar-refractivity contribution < 1.29 is 28.9 Å². The maximum Gasteiger partial charge on any atom is 0.228 e. The average molecular weight is 417 g/mol.